The topological polar surface area (TPSA) is 140 Å². The number of rotatable bonds is 10. The number of likely N-dealkylation sites (N-methyl/N-ethyl adjacent to an activating group) is 1. The monoisotopic (exact) mass is 653 g/mol. The molecular weight excluding hydrogens is 621 g/mol. The van der Waals surface area contributed by atoms with Gasteiger partial charge in [0.05, 0.1) is 39.6 Å². The fraction of sp³-hybridized carbons (Fsp3) is 0.312. The van der Waals surface area contributed by atoms with Crippen LogP contribution >= 0.6 is 0 Å². The van der Waals surface area contributed by atoms with Crippen molar-refractivity contribution in [2.24, 2.45) is 0 Å². The summed E-state index contributed by atoms with van der Waals surface area (Å²) in [4.78, 5) is 55.7. The molecule has 0 bridgehead atoms. The van der Waals surface area contributed by atoms with Gasteiger partial charge in [-0.25, -0.2) is 17.1 Å². The van der Waals surface area contributed by atoms with E-state index in [0.717, 1.165) is 18.2 Å². The number of nitrogens with zero attached hydrogens (tertiary/aromatic N) is 3. The SMILES string of the molecule is COc1ccc(S(=O)(=O)N2C(=O)C(c3cc(CC=O)ccc3OC)(N3CC(=O)C[C@H]3C(=O)N(C)C)c3cc(F)ccc32)c(OC)c1. The Bertz CT molecular complexity index is 1860. The molecule has 2 amide bonds. The smallest absolute Gasteiger partial charge is 0.274 e. The van der Waals surface area contributed by atoms with Crippen LogP contribution in [0.15, 0.2) is 59.5 Å². The number of benzene rings is 3. The van der Waals surface area contributed by atoms with Gasteiger partial charge in [0.1, 0.15) is 40.0 Å². The predicted molar refractivity (Wildman–Crippen MR) is 163 cm³/mol. The number of carbonyl (C=O) groups is 4. The van der Waals surface area contributed by atoms with Crippen molar-refractivity contribution in [3.63, 3.8) is 0 Å². The van der Waals surface area contributed by atoms with Crippen LogP contribution in [0.4, 0.5) is 10.1 Å². The first-order chi connectivity index (χ1) is 21.9. The van der Waals surface area contributed by atoms with Gasteiger partial charge in [-0.1, -0.05) is 6.07 Å². The highest BCUT2D eigenvalue weighted by Gasteiger charge is 2.64. The maximum atomic E-state index is 15.3. The number of anilines is 1. The molecule has 0 radical (unpaired) electrons. The number of aldehydes is 1. The second-order valence-electron chi connectivity index (χ2n) is 11.0. The van der Waals surface area contributed by atoms with Crippen LogP contribution in [0.25, 0.3) is 0 Å². The van der Waals surface area contributed by atoms with Crippen molar-refractivity contribution >= 4 is 39.6 Å². The normalized spacial score (nSPS) is 19.6. The van der Waals surface area contributed by atoms with E-state index in [-0.39, 0.29) is 46.9 Å². The highest BCUT2D eigenvalue weighted by Crippen LogP contribution is 2.55. The lowest BCUT2D eigenvalue weighted by Crippen LogP contribution is -2.59. The molecule has 2 atom stereocenters. The number of methoxy groups -OCH3 is 3. The van der Waals surface area contributed by atoms with Gasteiger partial charge >= 0.3 is 0 Å². The number of carbonyl (C=O) groups excluding carboxylic acids is 4. The molecule has 1 saturated heterocycles. The standard InChI is InChI=1S/C32H32FN3O9S/c1-34(2)30(39)26-16-21(38)18-35(26)32(24-14-19(12-13-37)6-10-27(24)44-4)23-15-20(33)7-9-25(23)36(31(32)40)46(41,42)29-11-8-22(43-3)17-28(29)45-5/h6-11,13-15,17,26H,12,16,18H2,1-5H3/t26-,32?/m0/s1. The molecule has 2 heterocycles. The van der Waals surface area contributed by atoms with Crippen LogP contribution in [0.3, 0.4) is 0 Å². The Morgan fingerprint density at radius 1 is 0.978 bits per heavy atom. The lowest BCUT2D eigenvalue weighted by Gasteiger charge is -2.41. The summed E-state index contributed by atoms with van der Waals surface area (Å²) in [6.07, 6.45) is 0.278. The van der Waals surface area contributed by atoms with E-state index in [2.05, 4.69) is 0 Å². The van der Waals surface area contributed by atoms with Gasteiger partial charge in [-0.3, -0.25) is 19.3 Å². The van der Waals surface area contributed by atoms with Gasteiger partial charge in [0, 0.05) is 44.1 Å². The molecule has 1 fully saturated rings. The van der Waals surface area contributed by atoms with E-state index in [9.17, 15) is 22.8 Å². The van der Waals surface area contributed by atoms with Crippen LogP contribution in [0, 0.1) is 5.82 Å². The zero-order valence-corrected chi connectivity index (χ0v) is 26.6. The number of likely N-dealkylation sites (tertiary alicyclic amines) is 1. The summed E-state index contributed by atoms with van der Waals surface area (Å²) < 4.78 is 61.2. The van der Waals surface area contributed by atoms with Gasteiger partial charge in [0.15, 0.2) is 5.54 Å². The molecule has 0 N–H and O–H groups in total. The van der Waals surface area contributed by atoms with E-state index < -0.39 is 56.5 Å². The summed E-state index contributed by atoms with van der Waals surface area (Å²) in [7, 11) is 2.12. The summed E-state index contributed by atoms with van der Waals surface area (Å²) >= 11 is 0. The minimum Gasteiger partial charge on any atom is -0.497 e. The van der Waals surface area contributed by atoms with Crippen LogP contribution in [-0.2, 0) is 41.2 Å². The van der Waals surface area contributed by atoms with Crippen LogP contribution in [0.5, 0.6) is 17.2 Å². The molecule has 3 aromatic rings. The zero-order chi connectivity index (χ0) is 33.6. The lowest BCUT2D eigenvalue weighted by atomic mass is 9.80. The molecule has 12 nitrogen and oxygen atoms in total. The summed E-state index contributed by atoms with van der Waals surface area (Å²) in [6.45, 7) is -0.452. The molecule has 5 rings (SSSR count). The van der Waals surface area contributed by atoms with E-state index in [1.165, 1.54) is 75.6 Å². The number of fused-ring (bicyclic) bond motifs is 1. The van der Waals surface area contributed by atoms with Crippen LogP contribution in [0.1, 0.15) is 23.1 Å². The Balaban J connectivity index is 1.90. The van der Waals surface area contributed by atoms with E-state index in [1.807, 2.05) is 0 Å². The lowest BCUT2D eigenvalue weighted by molar-refractivity contribution is -0.138. The predicted octanol–water partition coefficient (Wildman–Crippen LogP) is 2.30. The molecular formula is C32H32FN3O9S. The highest BCUT2D eigenvalue weighted by atomic mass is 32.2. The molecule has 0 saturated carbocycles. The van der Waals surface area contributed by atoms with Gasteiger partial charge in [-0.15, -0.1) is 0 Å². The third kappa shape index (κ3) is 4.97. The van der Waals surface area contributed by atoms with Crippen molar-refractivity contribution in [3.8, 4) is 17.2 Å². The van der Waals surface area contributed by atoms with Crippen molar-refractivity contribution in [1.29, 1.82) is 0 Å². The average Bonchev–Trinajstić information content (AvgIpc) is 3.54. The van der Waals surface area contributed by atoms with Crippen LogP contribution < -0.4 is 18.5 Å². The van der Waals surface area contributed by atoms with E-state index in [1.54, 1.807) is 6.07 Å². The Labute approximate surface area is 265 Å². The molecule has 0 aliphatic carbocycles. The molecule has 3 aromatic carbocycles. The molecule has 46 heavy (non-hydrogen) atoms. The molecule has 2 aliphatic heterocycles. The van der Waals surface area contributed by atoms with E-state index in [4.69, 9.17) is 14.2 Å². The quantitative estimate of drug-likeness (QED) is 0.300. The number of halogens is 1. The largest absolute Gasteiger partial charge is 0.497 e. The number of hydrogen-bond donors (Lipinski definition) is 0. The second-order valence-corrected chi connectivity index (χ2v) is 12.7. The van der Waals surface area contributed by atoms with Crippen molar-refractivity contribution in [2.75, 3.05) is 46.3 Å². The number of hydrogen-bond acceptors (Lipinski definition) is 10. The Morgan fingerprint density at radius 3 is 2.33 bits per heavy atom. The van der Waals surface area contributed by atoms with Crippen molar-refractivity contribution in [3.05, 3.63) is 77.1 Å². The Kier molecular flexibility index (Phi) is 8.62. The van der Waals surface area contributed by atoms with Crippen LogP contribution in [0.2, 0.25) is 0 Å². The van der Waals surface area contributed by atoms with Crippen molar-refractivity contribution < 1.29 is 46.2 Å². The van der Waals surface area contributed by atoms with Crippen molar-refractivity contribution in [2.45, 2.75) is 29.3 Å². The molecule has 0 aromatic heterocycles. The number of Topliss-reactive ketones (excluding diaryl/α,β-unsaturated/α-hetero) is 1. The van der Waals surface area contributed by atoms with Gasteiger partial charge in [-0.2, -0.15) is 0 Å². The first-order valence-corrected chi connectivity index (χ1v) is 15.5. The molecule has 2 aliphatic rings. The third-order valence-corrected chi connectivity index (χ3v) is 9.96. The molecule has 242 valence electrons. The highest BCUT2D eigenvalue weighted by molar-refractivity contribution is 7.93. The number of ether oxygens (including phenoxy) is 3. The maximum Gasteiger partial charge on any atom is 0.274 e. The average molecular weight is 654 g/mol. The summed E-state index contributed by atoms with van der Waals surface area (Å²) in [5.74, 6) is -2.60. The summed E-state index contributed by atoms with van der Waals surface area (Å²) in [5.41, 5.74) is -2.17. The van der Waals surface area contributed by atoms with Crippen LogP contribution in [-0.4, -0.2) is 90.1 Å². The first kappa shape index (κ1) is 32.6. The van der Waals surface area contributed by atoms with E-state index >= 15 is 9.18 Å². The second kappa shape index (κ2) is 12.2. The number of sulfonamides is 1. The number of ketones is 1. The Hall–Kier alpha value is -4.82. The number of amides is 2. The van der Waals surface area contributed by atoms with Crippen molar-refractivity contribution in [1.82, 2.24) is 9.80 Å². The third-order valence-electron chi connectivity index (χ3n) is 8.22. The van der Waals surface area contributed by atoms with Gasteiger partial charge < -0.3 is 23.9 Å². The van der Waals surface area contributed by atoms with Gasteiger partial charge in [-0.05, 0) is 48.0 Å². The molecule has 0 spiro atoms. The van der Waals surface area contributed by atoms with Gasteiger partial charge in [0.2, 0.25) is 5.91 Å². The van der Waals surface area contributed by atoms with E-state index in [0.29, 0.717) is 16.2 Å². The minimum absolute atomic E-state index is 0.0249. The fourth-order valence-corrected chi connectivity index (χ4v) is 7.79. The summed E-state index contributed by atoms with van der Waals surface area (Å²) in [5, 5.41) is 0. The van der Waals surface area contributed by atoms with Gasteiger partial charge in [0.25, 0.3) is 15.9 Å². The molecule has 1 unspecified atom stereocenters. The fourth-order valence-electron chi connectivity index (χ4n) is 6.19. The zero-order valence-electron chi connectivity index (χ0n) is 25.8. The maximum absolute atomic E-state index is 15.3. The first-order valence-electron chi connectivity index (χ1n) is 14.1. The molecule has 14 heteroatoms. The summed E-state index contributed by atoms with van der Waals surface area (Å²) in [6, 6.07) is 10.4. The minimum atomic E-state index is -4.82. The Morgan fingerprint density at radius 2 is 1.70 bits per heavy atom.